The fourth-order valence-corrected chi connectivity index (χ4v) is 3.41. The van der Waals surface area contributed by atoms with Gasteiger partial charge in [0.2, 0.25) is 0 Å². The molecule has 0 aromatic heterocycles. The highest BCUT2D eigenvalue weighted by Crippen LogP contribution is 2.37. The molecule has 3 heteroatoms. The van der Waals surface area contributed by atoms with Gasteiger partial charge in [0, 0.05) is 18.6 Å². The lowest BCUT2D eigenvalue weighted by Crippen LogP contribution is -2.48. The fourth-order valence-electron chi connectivity index (χ4n) is 3.41. The minimum Gasteiger partial charge on any atom is -0.381 e. The molecule has 0 aromatic carbocycles. The Hall–Kier alpha value is -0.120. The zero-order chi connectivity index (χ0) is 11.5. The predicted octanol–water partition coefficient (Wildman–Crippen LogP) is 1.93. The normalized spacial score (nSPS) is 42.2. The van der Waals surface area contributed by atoms with Gasteiger partial charge >= 0.3 is 0 Å². The summed E-state index contributed by atoms with van der Waals surface area (Å²) in [5, 5.41) is 0. The van der Waals surface area contributed by atoms with Crippen molar-refractivity contribution in [2.45, 2.75) is 45.6 Å². The first-order chi connectivity index (χ1) is 7.72. The van der Waals surface area contributed by atoms with E-state index in [0.717, 1.165) is 31.0 Å². The topological polar surface area (TPSA) is 47.3 Å². The number of ether oxygens (including phenoxy) is 1. The Morgan fingerprint density at radius 2 is 1.94 bits per heavy atom. The van der Waals surface area contributed by atoms with Gasteiger partial charge in [0.25, 0.3) is 0 Å². The third-order valence-electron chi connectivity index (χ3n) is 4.81. The van der Waals surface area contributed by atoms with E-state index >= 15 is 0 Å². The average Bonchev–Trinajstić information content (AvgIpc) is 2.78. The van der Waals surface area contributed by atoms with Crippen LogP contribution in [0.4, 0.5) is 0 Å². The Bertz CT molecular complexity index is 216. The lowest BCUT2D eigenvalue weighted by Gasteiger charge is -2.38. The molecule has 2 rings (SSSR count). The largest absolute Gasteiger partial charge is 0.381 e. The molecule has 0 amide bonds. The van der Waals surface area contributed by atoms with Crippen molar-refractivity contribution in [3.63, 3.8) is 0 Å². The molecule has 1 saturated carbocycles. The van der Waals surface area contributed by atoms with Crippen LogP contribution in [0, 0.1) is 23.7 Å². The quantitative estimate of drug-likeness (QED) is 0.571. The van der Waals surface area contributed by atoms with Crippen molar-refractivity contribution in [3.8, 4) is 0 Å². The van der Waals surface area contributed by atoms with E-state index in [-0.39, 0.29) is 0 Å². The van der Waals surface area contributed by atoms with Crippen LogP contribution >= 0.6 is 0 Å². The van der Waals surface area contributed by atoms with E-state index in [1.807, 2.05) is 0 Å². The summed E-state index contributed by atoms with van der Waals surface area (Å²) in [4.78, 5) is 0. The summed E-state index contributed by atoms with van der Waals surface area (Å²) < 4.78 is 5.48. The minimum atomic E-state index is 0.470. The molecule has 2 aliphatic rings. The highest BCUT2D eigenvalue weighted by atomic mass is 16.5. The summed E-state index contributed by atoms with van der Waals surface area (Å²) in [7, 11) is 0. The molecule has 5 atom stereocenters. The number of rotatable bonds is 3. The van der Waals surface area contributed by atoms with Crippen LogP contribution in [-0.4, -0.2) is 19.3 Å². The molecular weight excluding hydrogens is 200 g/mol. The maximum absolute atomic E-state index is 5.76. The van der Waals surface area contributed by atoms with Crippen molar-refractivity contribution in [3.05, 3.63) is 0 Å². The standard InChI is InChI=1S/C13H26N2O/c1-9-3-4-11(7-10(9)2)13(15-14)12-5-6-16-8-12/h9-13,15H,3-8,14H2,1-2H3. The van der Waals surface area contributed by atoms with Gasteiger partial charge in [-0.1, -0.05) is 20.3 Å². The molecule has 16 heavy (non-hydrogen) atoms. The number of hydrazine groups is 1. The van der Waals surface area contributed by atoms with Gasteiger partial charge in [-0.2, -0.15) is 0 Å². The molecule has 0 bridgehead atoms. The number of hydrogen-bond acceptors (Lipinski definition) is 3. The van der Waals surface area contributed by atoms with Crippen LogP contribution in [0.3, 0.4) is 0 Å². The van der Waals surface area contributed by atoms with Crippen LogP contribution < -0.4 is 11.3 Å². The average molecular weight is 226 g/mol. The third kappa shape index (κ3) is 2.58. The Kier molecular flexibility index (Phi) is 4.22. The van der Waals surface area contributed by atoms with Gasteiger partial charge in [-0.05, 0) is 37.0 Å². The van der Waals surface area contributed by atoms with E-state index in [2.05, 4.69) is 19.3 Å². The summed E-state index contributed by atoms with van der Waals surface area (Å²) in [5.74, 6) is 8.87. The van der Waals surface area contributed by atoms with Gasteiger partial charge in [0.1, 0.15) is 0 Å². The Morgan fingerprint density at radius 3 is 2.50 bits per heavy atom. The summed E-state index contributed by atoms with van der Waals surface area (Å²) in [6.07, 6.45) is 5.19. The van der Waals surface area contributed by atoms with Gasteiger partial charge in [-0.3, -0.25) is 11.3 Å². The van der Waals surface area contributed by atoms with Gasteiger partial charge in [-0.15, -0.1) is 0 Å². The molecule has 2 fully saturated rings. The van der Waals surface area contributed by atoms with E-state index in [9.17, 15) is 0 Å². The van der Waals surface area contributed by atoms with E-state index < -0.39 is 0 Å². The molecule has 94 valence electrons. The van der Waals surface area contributed by atoms with Gasteiger partial charge in [-0.25, -0.2) is 0 Å². The zero-order valence-corrected chi connectivity index (χ0v) is 10.6. The maximum Gasteiger partial charge on any atom is 0.0510 e. The Morgan fingerprint density at radius 1 is 1.12 bits per heavy atom. The molecule has 3 nitrogen and oxygen atoms in total. The summed E-state index contributed by atoms with van der Waals surface area (Å²) in [6, 6.07) is 0.470. The molecule has 1 heterocycles. The van der Waals surface area contributed by atoms with Crippen molar-refractivity contribution < 1.29 is 4.74 Å². The van der Waals surface area contributed by atoms with Crippen LogP contribution in [0.25, 0.3) is 0 Å². The molecule has 0 aromatic rings. The smallest absolute Gasteiger partial charge is 0.0510 e. The van der Waals surface area contributed by atoms with E-state index in [0.29, 0.717) is 12.0 Å². The van der Waals surface area contributed by atoms with Crippen molar-refractivity contribution >= 4 is 0 Å². The summed E-state index contributed by atoms with van der Waals surface area (Å²) in [6.45, 7) is 6.58. The number of hydrogen-bond donors (Lipinski definition) is 2. The maximum atomic E-state index is 5.76. The molecule has 1 aliphatic heterocycles. The van der Waals surface area contributed by atoms with E-state index in [1.54, 1.807) is 0 Å². The predicted molar refractivity (Wildman–Crippen MR) is 65.7 cm³/mol. The molecule has 1 aliphatic carbocycles. The molecule has 0 spiro atoms. The Labute approximate surface area is 99.1 Å². The van der Waals surface area contributed by atoms with Crippen LogP contribution in [0.5, 0.6) is 0 Å². The van der Waals surface area contributed by atoms with Crippen molar-refractivity contribution in [2.75, 3.05) is 13.2 Å². The lowest BCUT2D eigenvalue weighted by molar-refractivity contribution is 0.124. The highest BCUT2D eigenvalue weighted by Gasteiger charge is 2.35. The van der Waals surface area contributed by atoms with Crippen LogP contribution in [-0.2, 0) is 4.74 Å². The first kappa shape index (κ1) is 12.3. The fraction of sp³-hybridized carbons (Fsp3) is 1.00. The second kappa shape index (κ2) is 5.48. The first-order valence-corrected chi connectivity index (χ1v) is 6.76. The van der Waals surface area contributed by atoms with Crippen molar-refractivity contribution in [1.82, 2.24) is 5.43 Å². The van der Waals surface area contributed by atoms with Gasteiger partial charge < -0.3 is 4.74 Å². The summed E-state index contributed by atoms with van der Waals surface area (Å²) in [5.41, 5.74) is 3.07. The molecular formula is C13H26N2O. The SMILES string of the molecule is CC1CCC(C(NN)C2CCOC2)CC1C. The molecule has 1 saturated heterocycles. The van der Waals surface area contributed by atoms with Crippen LogP contribution in [0.15, 0.2) is 0 Å². The monoisotopic (exact) mass is 226 g/mol. The zero-order valence-electron chi connectivity index (χ0n) is 10.6. The van der Waals surface area contributed by atoms with Crippen LogP contribution in [0.1, 0.15) is 39.5 Å². The van der Waals surface area contributed by atoms with Gasteiger partial charge in [0.15, 0.2) is 0 Å². The summed E-state index contributed by atoms with van der Waals surface area (Å²) >= 11 is 0. The third-order valence-corrected chi connectivity index (χ3v) is 4.81. The van der Waals surface area contributed by atoms with Crippen LogP contribution in [0.2, 0.25) is 0 Å². The molecule has 0 radical (unpaired) electrons. The van der Waals surface area contributed by atoms with Crippen molar-refractivity contribution in [2.24, 2.45) is 29.5 Å². The number of nitrogens with two attached hydrogens (primary N) is 1. The second-order valence-electron chi connectivity index (χ2n) is 5.84. The molecule has 5 unspecified atom stereocenters. The van der Waals surface area contributed by atoms with Gasteiger partial charge in [0.05, 0.1) is 6.61 Å². The first-order valence-electron chi connectivity index (χ1n) is 6.76. The van der Waals surface area contributed by atoms with Crippen molar-refractivity contribution in [1.29, 1.82) is 0 Å². The highest BCUT2D eigenvalue weighted by molar-refractivity contribution is 4.88. The van der Waals surface area contributed by atoms with E-state index in [1.165, 1.54) is 25.7 Å². The lowest BCUT2D eigenvalue weighted by atomic mass is 9.71. The minimum absolute atomic E-state index is 0.470. The number of nitrogens with one attached hydrogen (secondary N) is 1. The molecule has 3 N–H and O–H groups in total. The Balaban J connectivity index is 1.93. The van der Waals surface area contributed by atoms with E-state index in [4.69, 9.17) is 10.6 Å². The second-order valence-corrected chi connectivity index (χ2v) is 5.84.